The fraction of sp³-hybridized carbons (Fsp3) is 0.417. The van der Waals surface area contributed by atoms with Crippen molar-refractivity contribution < 1.29 is 23.5 Å². The molecule has 7 nitrogen and oxygen atoms in total. The normalized spacial score (nSPS) is 21.5. The third-order valence-corrected chi connectivity index (χ3v) is 5.62. The summed E-state index contributed by atoms with van der Waals surface area (Å²) < 4.78 is 25.2. The predicted molar refractivity (Wildman–Crippen MR) is 119 cm³/mol. The van der Waals surface area contributed by atoms with Crippen LogP contribution in [0, 0.1) is 17.7 Å². The smallest absolute Gasteiger partial charge is 0.411 e. The van der Waals surface area contributed by atoms with Crippen LogP contribution in [-0.4, -0.2) is 36.9 Å². The number of hydrogen-bond acceptors (Lipinski definition) is 5. The predicted octanol–water partition coefficient (Wildman–Crippen LogP) is 4.53. The highest BCUT2D eigenvalue weighted by atomic mass is 19.1. The molecule has 1 heterocycles. The topological polar surface area (TPSA) is 79.9 Å². The molecule has 1 aliphatic heterocycles. The van der Waals surface area contributed by atoms with Crippen LogP contribution < -0.4 is 15.5 Å². The van der Waals surface area contributed by atoms with E-state index in [1.165, 1.54) is 6.07 Å². The number of fused-ring (bicyclic) bond motifs is 1. The molecular weight excluding hydrogens is 413 g/mol. The minimum Gasteiger partial charge on any atom is -0.444 e. The van der Waals surface area contributed by atoms with Crippen LogP contribution in [0.25, 0.3) is 0 Å². The van der Waals surface area contributed by atoms with E-state index in [1.54, 1.807) is 12.1 Å². The molecule has 2 amide bonds. The van der Waals surface area contributed by atoms with Gasteiger partial charge in [0.05, 0.1) is 5.69 Å². The highest BCUT2D eigenvalue weighted by Gasteiger charge is 2.57. The van der Waals surface area contributed by atoms with Gasteiger partial charge in [-0.3, -0.25) is 5.32 Å². The van der Waals surface area contributed by atoms with Crippen molar-refractivity contribution in [3.8, 4) is 0 Å². The molecule has 0 bridgehead atoms. The Morgan fingerprint density at radius 1 is 1.06 bits per heavy atom. The maximum Gasteiger partial charge on any atom is 0.411 e. The number of carbonyl (C=O) groups excluding carboxylic acids is 2. The van der Waals surface area contributed by atoms with Crippen LogP contribution in [-0.2, 0) is 16.1 Å². The second kappa shape index (κ2) is 8.68. The number of hydrogen-bond donors (Lipinski definition) is 2. The van der Waals surface area contributed by atoms with Crippen LogP contribution in [0.3, 0.4) is 0 Å². The molecule has 2 aromatic carbocycles. The standard InChI is InChI=1S/C24H28FN3O4/c1-24(2,3)32-23(30)27-21-17-12-28(13-18(17)21)20-10-9-16(11-19(20)25)26-22(29)31-14-15-7-5-4-6-8-15/h4-11,17-18,21H,12-14H2,1-3H3,(H,26,29)(H,27,30)/t17-,18+,21?. The molecule has 2 aromatic rings. The second-order valence-corrected chi connectivity index (χ2v) is 9.26. The molecule has 4 rings (SSSR count). The number of carbonyl (C=O) groups is 2. The maximum atomic E-state index is 14.7. The van der Waals surface area contributed by atoms with Gasteiger partial charge in [0.25, 0.3) is 0 Å². The first-order valence-corrected chi connectivity index (χ1v) is 10.7. The fourth-order valence-corrected chi connectivity index (χ4v) is 4.10. The van der Waals surface area contributed by atoms with Gasteiger partial charge in [-0.15, -0.1) is 0 Å². The molecule has 1 unspecified atom stereocenters. The largest absolute Gasteiger partial charge is 0.444 e. The van der Waals surface area contributed by atoms with E-state index < -0.39 is 23.6 Å². The molecule has 170 valence electrons. The van der Waals surface area contributed by atoms with Crippen molar-refractivity contribution in [3.05, 3.63) is 59.9 Å². The molecule has 32 heavy (non-hydrogen) atoms. The zero-order chi connectivity index (χ0) is 22.9. The molecule has 0 radical (unpaired) electrons. The van der Waals surface area contributed by atoms with E-state index in [0.717, 1.165) is 5.56 Å². The summed E-state index contributed by atoms with van der Waals surface area (Å²) in [6.07, 6.45) is -1.05. The summed E-state index contributed by atoms with van der Waals surface area (Å²) >= 11 is 0. The lowest BCUT2D eigenvalue weighted by molar-refractivity contribution is 0.0518. The minimum atomic E-state index is -0.639. The molecule has 0 spiro atoms. The molecule has 2 aliphatic rings. The van der Waals surface area contributed by atoms with Crippen LogP contribution in [0.4, 0.5) is 25.4 Å². The summed E-state index contributed by atoms with van der Waals surface area (Å²) in [7, 11) is 0. The molecule has 2 fully saturated rings. The van der Waals surface area contributed by atoms with Crippen molar-refractivity contribution in [1.29, 1.82) is 0 Å². The number of amides is 2. The van der Waals surface area contributed by atoms with Gasteiger partial charge < -0.3 is 19.7 Å². The second-order valence-electron chi connectivity index (χ2n) is 9.26. The Labute approximate surface area is 186 Å². The Morgan fingerprint density at radius 3 is 2.38 bits per heavy atom. The quantitative estimate of drug-likeness (QED) is 0.713. The van der Waals surface area contributed by atoms with Crippen LogP contribution in [0.15, 0.2) is 48.5 Å². The van der Waals surface area contributed by atoms with Gasteiger partial charge in [-0.05, 0) is 44.5 Å². The summed E-state index contributed by atoms with van der Waals surface area (Å²) in [6.45, 7) is 6.94. The SMILES string of the molecule is CC(C)(C)OC(=O)NC1[C@H]2CN(c3ccc(NC(=O)OCc4ccccc4)cc3F)C[C@@H]12. The van der Waals surface area contributed by atoms with Crippen molar-refractivity contribution >= 4 is 23.6 Å². The van der Waals surface area contributed by atoms with Gasteiger partial charge in [-0.25, -0.2) is 14.0 Å². The summed E-state index contributed by atoms with van der Waals surface area (Å²) in [5, 5.41) is 5.47. The van der Waals surface area contributed by atoms with Gasteiger partial charge in [-0.2, -0.15) is 0 Å². The van der Waals surface area contributed by atoms with Crippen molar-refractivity contribution in [1.82, 2.24) is 5.32 Å². The molecular formula is C24H28FN3O4. The summed E-state index contributed by atoms with van der Waals surface area (Å²) in [4.78, 5) is 25.9. The summed E-state index contributed by atoms with van der Waals surface area (Å²) in [6, 6.07) is 14.0. The molecule has 1 saturated heterocycles. The highest BCUT2D eigenvalue weighted by molar-refractivity contribution is 5.85. The third kappa shape index (κ3) is 5.30. The number of rotatable bonds is 5. The van der Waals surface area contributed by atoms with Gasteiger partial charge in [0, 0.05) is 36.7 Å². The molecule has 2 N–H and O–H groups in total. The Morgan fingerprint density at radius 2 is 1.75 bits per heavy atom. The van der Waals surface area contributed by atoms with Gasteiger partial charge in [-0.1, -0.05) is 30.3 Å². The van der Waals surface area contributed by atoms with Gasteiger partial charge in [0.15, 0.2) is 0 Å². The van der Waals surface area contributed by atoms with Gasteiger partial charge in [0.1, 0.15) is 18.0 Å². The fourth-order valence-electron chi connectivity index (χ4n) is 4.10. The number of benzene rings is 2. The van der Waals surface area contributed by atoms with E-state index in [1.807, 2.05) is 56.0 Å². The van der Waals surface area contributed by atoms with Gasteiger partial charge in [0.2, 0.25) is 0 Å². The first-order valence-electron chi connectivity index (χ1n) is 10.7. The Hall–Kier alpha value is -3.29. The zero-order valence-electron chi connectivity index (χ0n) is 18.4. The Balaban J connectivity index is 1.26. The number of halogens is 1. The van der Waals surface area contributed by atoms with E-state index in [2.05, 4.69) is 10.6 Å². The lowest BCUT2D eigenvalue weighted by Crippen LogP contribution is -2.38. The van der Waals surface area contributed by atoms with Crippen molar-refractivity contribution in [2.24, 2.45) is 11.8 Å². The van der Waals surface area contributed by atoms with Crippen LogP contribution in [0.2, 0.25) is 0 Å². The third-order valence-electron chi connectivity index (χ3n) is 5.62. The van der Waals surface area contributed by atoms with Crippen molar-refractivity contribution in [3.63, 3.8) is 0 Å². The minimum absolute atomic E-state index is 0.0736. The molecule has 8 heteroatoms. The first kappa shape index (κ1) is 21.9. The van der Waals surface area contributed by atoms with Crippen LogP contribution >= 0.6 is 0 Å². The zero-order valence-corrected chi connectivity index (χ0v) is 18.4. The number of nitrogens with zero attached hydrogens (tertiary/aromatic N) is 1. The molecule has 1 saturated carbocycles. The number of piperidine rings is 1. The average molecular weight is 442 g/mol. The molecule has 0 aromatic heterocycles. The van der Waals surface area contributed by atoms with Crippen molar-refractivity contribution in [2.45, 2.75) is 39.0 Å². The van der Waals surface area contributed by atoms with E-state index in [0.29, 0.717) is 24.5 Å². The van der Waals surface area contributed by atoms with E-state index in [4.69, 9.17) is 9.47 Å². The monoisotopic (exact) mass is 441 g/mol. The van der Waals surface area contributed by atoms with Crippen molar-refractivity contribution in [2.75, 3.05) is 23.3 Å². The highest BCUT2D eigenvalue weighted by Crippen LogP contribution is 2.47. The van der Waals surface area contributed by atoms with E-state index in [9.17, 15) is 14.0 Å². The lowest BCUT2D eigenvalue weighted by Gasteiger charge is -2.24. The molecule has 1 aliphatic carbocycles. The lowest BCUT2D eigenvalue weighted by atomic mass is 10.2. The number of alkyl carbamates (subject to hydrolysis) is 1. The number of anilines is 2. The average Bonchev–Trinajstić information content (AvgIpc) is 3.15. The first-order chi connectivity index (χ1) is 15.2. The number of nitrogens with one attached hydrogen (secondary N) is 2. The van der Waals surface area contributed by atoms with E-state index >= 15 is 0 Å². The van der Waals surface area contributed by atoms with Crippen LogP contribution in [0.5, 0.6) is 0 Å². The van der Waals surface area contributed by atoms with Crippen LogP contribution in [0.1, 0.15) is 26.3 Å². The maximum absolute atomic E-state index is 14.7. The Kier molecular flexibility index (Phi) is 5.95. The van der Waals surface area contributed by atoms with E-state index in [-0.39, 0.29) is 24.5 Å². The summed E-state index contributed by atoms with van der Waals surface area (Å²) in [5.41, 5.74) is 1.15. The molecule has 3 atom stereocenters. The summed E-state index contributed by atoms with van der Waals surface area (Å²) in [5.74, 6) is 0.157. The Bertz CT molecular complexity index is 980. The number of ether oxygens (including phenoxy) is 2. The van der Waals surface area contributed by atoms with Gasteiger partial charge >= 0.3 is 12.2 Å².